The van der Waals surface area contributed by atoms with E-state index in [1.807, 2.05) is 16.9 Å². The molecule has 0 amide bonds. The van der Waals surface area contributed by atoms with Gasteiger partial charge in [0.1, 0.15) is 5.82 Å². The smallest absolute Gasteiger partial charge is 0.145 e. The van der Waals surface area contributed by atoms with Crippen molar-refractivity contribution in [3.05, 3.63) is 12.3 Å². The van der Waals surface area contributed by atoms with Crippen molar-refractivity contribution in [2.75, 3.05) is 25.4 Å². The van der Waals surface area contributed by atoms with E-state index in [-0.39, 0.29) is 0 Å². The Balaban J connectivity index is 1.65. The summed E-state index contributed by atoms with van der Waals surface area (Å²) >= 11 is 0. The Hall–Kier alpha value is -1.03. The number of nitrogens with two attached hydrogens (primary N) is 1. The molecular formula is C12H22N4. The number of hydrogen-bond donors (Lipinski definition) is 1. The van der Waals surface area contributed by atoms with Gasteiger partial charge in [0, 0.05) is 19.3 Å². The summed E-state index contributed by atoms with van der Waals surface area (Å²) in [5, 5.41) is 4.18. The van der Waals surface area contributed by atoms with Crippen LogP contribution in [0.1, 0.15) is 26.2 Å². The highest BCUT2D eigenvalue weighted by Crippen LogP contribution is 2.18. The molecule has 1 aromatic heterocycles. The van der Waals surface area contributed by atoms with E-state index in [4.69, 9.17) is 5.73 Å². The topological polar surface area (TPSA) is 47.1 Å². The summed E-state index contributed by atoms with van der Waals surface area (Å²) in [6.45, 7) is 7.03. The largest absolute Gasteiger partial charge is 0.382 e. The van der Waals surface area contributed by atoms with E-state index in [1.165, 1.54) is 32.5 Å². The molecule has 1 fully saturated rings. The monoisotopic (exact) mass is 222 g/mol. The molecule has 4 nitrogen and oxygen atoms in total. The first kappa shape index (κ1) is 11.5. The van der Waals surface area contributed by atoms with Crippen molar-refractivity contribution in [2.45, 2.75) is 32.7 Å². The fraction of sp³-hybridized carbons (Fsp3) is 0.750. The number of rotatable bonds is 5. The molecule has 90 valence electrons. The predicted molar refractivity (Wildman–Crippen MR) is 66.1 cm³/mol. The summed E-state index contributed by atoms with van der Waals surface area (Å²) in [5.41, 5.74) is 5.57. The quantitative estimate of drug-likeness (QED) is 0.823. The molecule has 0 spiro atoms. The van der Waals surface area contributed by atoms with Crippen molar-refractivity contribution < 1.29 is 0 Å². The fourth-order valence-corrected chi connectivity index (χ4v) is 2.41. The van der Waals surface area contributed by atoms with Gasteiger partial charge in [-0.3, -0.25) is 4.68 Å². The molecule has 1 saturated heterocycles. The van der Waals surface area contributed by atoms with Gasteiger partial charge in [-0.2, -0.15) is 5.10 Å². The van der Waals surface area contributed by atoms with Crippen molar-refractivity contribution in [3.8, 4) is 0 Å². The van der Waals surface area contributed by atoms with Crippen LogP contribution in [-0.4, -0.2) is 34.3 Å². The van der Waals surface area contributed by atoms with Gasteiger partial charge in [0.05, 0.1) is 0 Å². The summed E-state index contributed by atoms with van der Waals surface area (Å²) < 4.78 is 1.93. The third kappa shape index (κ3) is 2.98. The maximum absolute atomic E-state index is 5.57. The van der Waals surface area contributed by atoms with Crippen LogP contribution in [0.25, 0.3) is 0 Å². The molecule has 2 heterocycles. The molecule has 0 saturated carbocycles. The molecule has 4 heteroatoms. The Labute approximate surface area is 97.4 Å². The molecule has 0 aromatic carbocycles. The van der Waals surface area contributed by atoms with Gasteiger partial charge in [0.2, 0.25) is 0 Å². The zero-order chi connectivity index (χ0) is 11.4. The Morgan fingerprint density at radius 1 is 1.50 bits per heavy atom. The van der Waals surface area contributed by atoms with Crippen molar-refractivity contribution in [2.24, 2.45) is 5.92 Å². The molecule has 0 bridgehead atoms. The zero-order valence-electron chi connectivity index (χ0n) is 10.1. The van der Waals surface area contributed by atoms with E-state index in [0.717, 1.165) is 18.9 Å². The van der Waals surface area contributed by atoms with Crippen LogP contribution in [0.5, 0.6) is 0 Å². The van der Waals surface area contributed by atoms with E-state index in [0.29, 0.717) is 5.82 Å². The second-order valence-electron chi connectivity index (χ2n) is 4.72. The number of hydrogen-bond acceptors (Lipinski definition) is 3. The molecule has 1 aromatic rings. The summed E-state index contributed by atoms with van der Waals surface area (Å²) in [4.78, 5) is 2.57. The normalized spacial score (nSPS) is 21.7. The van der Waals surface area contributed by atoms with Gasteiger partial charge in [-0.15, -0.1) is 0 Å². The number of anilines is 1. The van der Waals surface area contributed by atoms with Gasteiger partial charge in [0.25, 0.3) is 0 Å². The standard InChI is InChI=1S/C12H22N4/c1-2-11-4-8-15(10-11)6-3-7-16-9-5-12(13)14-16/h5,9,11H,2-4,6-8,10H2,1H3,(H2,13,14). The van der Waals surface area contributed by atoms with Gasteiger partial charge in [0.15, 0.2) is 0 Å². The highest BCUT2D eigenvalue weighted by molar-refractivity contribution is 5.23. The lowest BCUT2D eigenvalue weighted by molar-refractivity contribution is 0.308. The summed E-state index contributed by atoms with van der Waals surface area (Å²) in [7, 11) is 0. The van der Waals surface area contributed by atoms with E-state index >= 15 is 0 Å². The van der Waals surface area contributed by atoms with Crippen molar-refractivity contribution in [1.29, 1.82) is 0 Å². The first-order chi connectivity index (χ1) is 7.78. The third-order valence-electron chi connectivity index (χ3n) is 3.47. The van der Waals surface area contributed by atoms with Crippen LogP contribution in [0.2, 0.25) is 0 Å². The minimum absolute atomic E-state index is 0.618. The fourth-order valence-electron chi connectivity index (χ4n) is 2.41. The van der Waals surface area contributed by atoms with Crippen LogP contribution in [0.15, 0.2) is 12.3 Å². The average Bonchev–Trinajstić information content (AvgIpc) is 2.88. The summed E-state index contributed by atoms with van der Waals surface area (Å²) in [6, 6.07) is 1.85. The van der Waals surface area contributed by atoms with Gasteiger partial charge in [-0.05, 0) is 37.9 Å². The molecule has 0 radical (unpaired) electrons. The van der Waals surface area contributed by atoms with Gasteiger partial charge in [-0.25, -0.2) is 0 Å². The number of aromatic nitrogens is 2. The lowest BCUT2D eigenvalue weighted by atomic mass is 10.1. The third-order valence-corrected chi connectivity index (χ3v) is 3.47. The highest BCUT2D eigenvalue weighted by atomic mass is 15.3. The van der Waals surface area contributed by atoms with E-state index < -0.39 is 0 Å². The minimum atomic E-state index is 0.618. The van der Waals surface area contributed by atoms with Crippen LogP contribution in [0.3, 0.4) is 0 Å². The lowest BCUT2D eigenvalue weighted by Crippen LogP contribution is -2.23. The van der Waals surface area contributed by atoms with Crippen LogP contribution in [0.4, 0.5) is 5.82 Å². The minimum Gasteiger partial charge on any atom is -0.382 e. The first-order valence-corrected chi connectivity index (χ1v) is 6.29. The first-order valence-electron chi connectivity index (χ1n) is 6.29. The van der Waals surface area contributed by atoms with E-state index in [9.17, 15) is 0 Å². The maximum Gasteiger partial charge on any atom is 0.145 e. The average molecular weight is 222 g/mol. The Bertz CT molecular complexity index is 321. The van der Waals surface area contributed by atoms with Gasteiger partial charge < -0.3 is 10.6 Å². The Kier molecular flexibility index (Phi) is 3.83. The molecule has 1 unspecified atom stereocenters. The number of aryl methyl sites for hydroxylation is 1. The number of likely N-dealkylation sites (tertiary alicyclic amines) is 1. The summed E-state index contributed by atoms with van der Waals surface area (Å²) in [6.07, 6.45) is 5.82. The number of nitrogens with zero attached hydrogens (tertiary/aromatic N) is 3. The highest BCUT2D eigenvalue weighted by Gasteiger charge is 2.19. The molecule has 2 N–H and O–H groups in total. The SMILES string of the molecule is CCC1CCN(CCCn2ccc(N)n2)C1. The van der Waals surface area contributed by atoms with Crippen molar-refractivity contribution >= 4 is 5.82 Å². The zero-order valence-corrected chi connectivity index (χ0v) is 10.1. The molecule has 1 aliphatic heterocycles. The molecule has 1 aliphatic rings. The second-order valence-corrected chi connectivity index (χ2v) is 4.72. The molecule has 0 aliphatic carbocycles. The lowest BCUT2D eigenvalue weighted by Gasteiger charge is -2.15. The van der Waals surface area contributed by atoms with Crippen LogP contribution >= 0.6 is 0 Å². The molecule has 2 rings (SSSR count). The number of nitrogen functional groups attached to an aromatic ring is 1. The molecule has 16 heavy (non-hydrogen) atoms. The summed E-state index contributed by atoms with van der Waals surface area (Å²) in [5.74, 6) is 1.55. The Morgan fingerprint density at radius 3 is 3.00 bits per heavy atom. The van der Waals surface area contributed by atoms with Crippen LogP contribution in [-0.2, 0) is 6.54 Å². The van der Waals surface area contributed by atoms with E-state index in [1.54, 1.807) is 0 Å². The molecule has 1 atom stereocenters. The second kappa shape index (κ2) is 5.34. The Morgan fingerprint density at radius 2 is 2.38 bits per heavy atom. The van der Waals surface area contributed by atoms with Gasteiger partial charge >= 0.3 is 0 Å². The predicted octanol–water partition coefficient (Wildman–Crippen LogP) is 1.59. The van der Waals surface area contributed by atoms with Crippen LogP contribution in [0, 0.1) is 5.92 Å². The maximum atomic E-state index is 5.57. The van der Waals surface area contributed by atoms with Crippen LogP contribution < -0.4 is 5.73 Å². The van der Waals surface area contributed by atoms with E-state index in [2.05, 4.69) is 16.9 Å². The van der Waals surface area contributed by atoms with Gasteiger partial charge in [-0.1, -0.05) is 13.3 Å². The molecular weight excluding hydrogens is 200 g/mol. The van der Waals surface area contributed by atoms with Crippen molar-refractivity contribution in [1.82, 2.24) is 14.7 Å². The van der Waals surface area contributed by atoms with Crippen molar-refractivity contribution in [3.63, 3.8) is 0 Å².